The van der Waals surface area contributed by atoms with Crippen molar-refractivity contribution in [3.8, 4) is 11.5 Å². The number of para-hydroxylation sites is 1. The quantitative estimate of drug-likeness (QED) is 0.342. The van der Waals surface area contributed by atoms with Crippen LogP contribution in [0.3, 0.4) is 0 Å². The predicted octanol–water partition coefficient (Wildman–Crippen LogP) is 3.46. The number of methoxy groups -OCH3 is 2. The maximum atomic E-state index is 13.4. The van der Waals surface area contributed by atoms with Gasteiger partial charge in [0.1, 0.15) is 5.76 Å². The van der Waals surface area contributed by atoms with Gasteiger partial charge < -0.3 is 24.2 Å². The van der Waals surface area contributed by atoms with Crippen LogP contribution in [0, 0.1) is 13.8 Å². The highest BCUT2D eigenvalue weighted by molar-refractivity contribution is 6.46. The number of benzene rings is 2. The summed E-state index contributed by atoms with van der Waals surface area (Å²) in [5.74, 6) is -0.592. The molecule has 2 aromatic rings. The summed E-state index contributed by atoms with van der Waals surface area (Å²) in [5.41, 5.74) is 2.94. The van der Waals surface area contributed by atoms with Gasteiger partial charge in [-0.15, -0.1) is 0 Å². The second-order valence-corrected chi connectivity index (χ2v) is 9.20. The van der Waals surface area contributed by atoms with Crippen LogP contribution >= 0.6 is 0 Å². The number of ether oxygens (including phenoxy) is 3. The summed E-state index contributed by atoms with van der Waals surface area (Å²) in [6.45, 7) is 8.01. The first-order chi connectivity index (χ1) is 17.4. The summed E-state index contributed by atoms with van der Waals surface area (Å²) in [6.07, 6.45) is 0.680. The zero-order valence-corrected chi connectivity index (χ0v) is 21.4. The molecule has 36 heavy (non-hydrogen) atoms. The van der Waals surface area contributed by atoms with E-state index < -0.39 is 17.7 Å². The van der Waals surface area contributed by atoms with Gasteiger partial charge in [-0.3, -0.25) is 14.5 Å². The second-order valence-electron chi connectivity index (χ2n) is 9.20. The predicted molar refractivity (Wildman–Crippen MR) is 136 cm³/mol. The number of morpholine rings is 1. The van der Waals surface area contributed by atoms with Crippen molar-refractivity contribution >= 4 is 17.4 Å². The summed E-state index contributed by atoms with van der Waals surface area (Å²) in [4.78, 5) is 30.6. The molecule has 2 heterocycles. The first-order valence-electron chi connectivity index (χ1n) is 12.2. The molecular formula is C28H34N2O6. The maximum Gasteiger partial charge on any atom is 0.295 e. The Bertz CT molecular complexity index is 1170. The van der Waals surface area contributed by atoms with Crippen LogP contribution in [0.15, 0.2) is 42.0 Å². The fourth-order valence-corrected chi connectivity index (χ4v) is 4.99. The van der Waals surface area contributed by atoms with Gasteiger partial charge in [-0.05, 0) is 38.0 Å². The maximum absolute atomic E-state index is 13.4. The van der Waals surface area contributed by atoms with Gasteiger partial charge in [-0.2, -0.15) is 0 Å². The van der Waals surface area contributed by atoms with Crippen molar-refractivity contribution in [1.29, 1.82) is 0 Å². The molecule has 8 nitrogen and oxygen atoms in total. The molecular weight excluding hydrogens is 460 g/mol. The van der Waals surface area contributed by atoms with Gasteiger partial charge in [0.2, 0.25) is 0 Å². The van der Waals surface area contributed by atoms with Crippen molar-refractivity contribution in [2.24, 2.45) is 0 Å². The lowest BCUT2D eigenvalue weighted by atomic mass is 9.92. The average molecular weight is 495 g/mol. The third-order valence-corrected chi connectivity index (χ3v) is 6.89. The molecule has 2 aliphatic rings. The summed E-state index contributed by atoms with van der Waals surface area (Å²) in [6, 6.07) is 10.2. The minimum Gasteiger partial charge on any atom is -0.507 e. The van der Waals surface area contributed by atoms with Crippen LogP contribution in [0.1, 0.15) is 34.7 Å². The lowest BCUT2D eigenvalue weighted by Gasteiger charge is -2.30. The largest absolute Gasteiger partial charge is 0.507 e. The standard InChI is InChI=1S/C28H34N2O6/c1-18-9-10-19(2)21(17-18)25(31)23-24(20-7-5-8-22(34-3)27(20)35-4)30(28(33)26(23)32)12-6-11-29-13-15-36-16-14-29/h5,7-10,17,24,31H,6,11-16H2,1-4H3/t24-/m0/s1. The average Bonchev–Trinajstić information content (AvgIpc) is 3.14. The Hall–Kier alpha value is -3.36. The van der Waals surface area contributed by atoms with Crippen LogP contribution in [0.4, 0.5) is 0 Å². The topological polar surface area (TPSA) is 88.5 Å². The molecule has 2 fully saturated rings. The highest BCUT2D eigenvalue weighted by atomic mass is 16.5. The van der Waals surface area contributed by atoms with Gasteiger partial charge in [0, 0.05) is 37.3 Å². The molecule has 0 unspecified atom stereocenters. The molecule has 4 rings (SSSR count). The number of aliphatic hydroxyl groups excluding tert-OH is 1. The Balaban J connectivity index is 1.79. The van der Waals surface area contributed by atoms with E-state index in [4.69, 9.17) is 14.2 Å². The Morgan fingerprint density at radius 1 is 1.06 bits per heavy atom. The van der Waals surface area contributed by atoms with Gasteiger partial charge in [0.15, 0.2) is 11.5 Å². The molecule has 8 heteroatoms. The van der Waals surface area contributed by atoms with Crippen LogP contribution in [0.25, 0.3) is 5.76 Å². The fourth-order valence-electron chi connectivity index (χ4n) is 4.99. The van der Waals surface area contributed by atoms with Crippen molar-refractivity contribution in [3.05, 3.63) is 64.2 Å². The number of amides is 1. The number of carbonyl (C=O) groups is 2. The number of aryl methyl sites for hydroxylation is 2. The summed E-state index contributed by atoms with van der Waals surface area (Å²) < 4.78 is 16.6. The zero-order valence-electron chi connectivity index (χ0n) is 21.4. The van der Waals surface area contributed by atoms with Gasteiger partial charge in [-0.25, -0.2) is 0 Å². The van der Waals surface area contributed by atoms with E-state index in [2.05, 4.69) is 4.90 Å². The van der Waals surface area contributed by atoms with Gasteiger partial charge in [0.25, 0.3) is 11.7 Å². The number of nitrogens with zero attached hydrogens (tertiary/aromatic N) is 2. The van der Waals surface area contributed by atoms with Gasteiger partial charge in [0.05, 0.1) is 39.0 Å². The summed E-state index contributed by atoms with van der Waals surface area (Å²) in [7, 11) is 3.06. The van der Waals surface area contributed by atoms with E-state index in [-0.39, 0.29) is 11.3 Å². The Labute approximate surface area is 212 Å². The van der Waals surface area contributed by atoms with Crippen LogP contribution < -0.4 is 9.47 Å². The zero-order chi connectivity index (χ0) is 25.8. The van der Waals surface area contributed by atoms with E-state index in [1.165, 1.54) is 14.2 Å². The first kappa shape index (κ1) is 25.7. The normalized spacial score (nSPS) is 20.1. The number of hydrogen-bond acceptors (Lipinski definition) is 7. The Kier molecular flexibility index (Phi) is 7.96. The lowest BCUT2D eigenvalue weighted by molar-refractivity contribution is -0.140. The smallest absolute Gasteiger partial charge is 0.295 e. The minimum absolute atomic E-state index is 0.0617. The fraction of sp³-hybridized carbons (Fsp3) is 0.429. The molecule has 2 aromatic carbocycles. The van der Waals surface area contributed by atoms with Crippen molar-refractivity contribution in [3.63, 3.8) is 0 Å². The molecule has 1 N–H and O–H groups in total. The molecule has 1 amide bonds. The van der Waals surface area contributed by atoms with E-state index >= 15 is 0 Å². The molecule has 0 saturated carbocycles. The van der Waals surface area contributed by atoms with E-state index in [0.29, 0.717) is 48.8 Å². The van der Waals surface area contributed by atoms with Gasteiger partial charge >= 0.3 is 0 Å². The van der Waals surface area contributed by atoms with Crippen LogP contribution in [0.2, 0.25) is 0 Å². The lowest BCUT2D eigenvalue weighted by Crippen LogP contribution is -2.39. The number of aliphatic hydroxyl groups is 1. The second kappa shape index (κ2) is 11.1. The first-order valence-corrected chi connectivity index (χ1v) is 12.2. The van der Waals surface area contributed by atoms with Crippen LogP contribution in [-0.2, 0) is 14.3 Å². The molecule has 192 valence electrons. The van der Waals surface area contributed by atoms with Crippen molar-refractivity contribution in [1.82, 2.24) is 9.80 Å². The number of rotatable bonds is 8. The number of ketones is 1. The molecule has 0 aliphatic carbocycles. The molecule has 0 radical (unpaired) electrons. The minimum atomic E-state index is -0.806. The summed E-state index contributed by atoms with van der Waals surface area (Å²) in [5, 5.41) is 11.5. The molecule has 2 saturated heterocycles. The molecule has 0 bridgehead atoms. The molecule has 2 aliphatic heterocycles. The highest BCUT2D eigenvalue weighted by Crippen LogP contribution is 2.45. The molecule has 1 atom stereocenters. The number of hydrogen-bond donors (Lipinski definition) is 1. The number of likely N-dealkylation sites (tertiary alicyclic amines) is 1. The number of Topliss-reactive ketones (excluding diaryl/α,β-unsaturated/α-hetero) is 1. The SMILES string of the molecule is COc1cccc([C@H]2C(=C(O)c3cc(C)ccc3C)C(=O)C(=O)N2CCCN2CCOCC2)c1OC. The summed E-state index contributed by atoms with van der Waals surface area (Å²) >= 11 is 0. The Morgan fingerprint density at radius 2 is 1.81 bits per heavy atom. The molecule has 0 spiro atoms. The van der Waals surface area contributed by atoms with E-state index in [1.54, 1.807) is 17.0 Å². The number of carbonyl (C=O) groups excluding carboxylic acids is 2. The third kappa shape index (κ3) is 4.96. The molecule has 0 aromatic heterocycles. The van der Waals surface area contributed by atoms with E-state index in [1.807, 2.05) is 38.1 Å². The Morgan fingerprint density at radius 3 is 2.50 bits per heavy atom. The van der Waals surface area contributed by atoms with E-state index in [0.717, 1.165) is 30.8 Å². The van der Waals surface area contributed by atoms with Crippen LogP contribution in [0.5, 0.6) is 11.5 Å². The van der Waals surface area contributed by atoms with Crippen molar-refractivity contribution in [2.45, 2.75) is 26.3 Å². The van der Waals surface area contributed by atoms with Crippen molar-refractivity contribution in [2.75, 3.05) is 53.6 Å². The van der Waals surface area contributed by atoms with Crippen molar-refractivity contribution < 1.29 is 28.9 Å². The van der Waals surface area contributed by atoms with Crippen LogP contribution in [-0.4, -0.2) is 80.2 Å². The monoisotopic (exact) mass is 494 g/mol. The van der Waals surface area contributed by atoms with E-state index in [9.17, 15) is 14.7 Å². The highest BCUT2D eigenvalue weighted by Gasteiger charge is 2.47. The third-order valence-electron chi connectivity index (χ3n) is 6.89. The van der Waals surface area contributed by atoms with Gasteiger partial charge in [-0.1, -0.05) is 29.8 Å².